The van der Waals surface area contributed by atoms with Crippen LogP contribution in [0.25, 0.3) is 0 Å². The van der Waals surface area contributed by atoms with Crippen LogP contribution in [0.2, 0.25) is 0 Å². The lowest BCUT2D eigenvalue weighted by Crippen LogP contribution is -2.19. The normalized spacial score (nSPS) is 39.6. The van der Waals surface area contributed by atoms with Crippen molar-refractivity contribution in [3.05, 3.63) is 12.2 Å². The number of allylic oxidation sites excluding steroid dienone is 1. The van der Waals surface area contributed by atoms with Crippen LogP contribution in [0.5, 0.6) is 0 Å². The molecule has 5 atom stereocenters. The maximum Gasteiger partial charge on any atom is 0.157 e. The van der Waals surface area contributed by atoms with Crippen LogP contribution in [0.1, 0.15) is 45.4 Å². The monoisotopic (exact) mass is 254 g/mol. The highest BCUT2D eigenvalue weighted by Gasteiger charge is 2.48. The first kappa shape index (κ1) is 14.0. The van der Waals surface area contributed by atoms with Gasteiger partial charge in [0.15, 0.2) is 6.29 Å². The van der Waals surface area contributed by atoms with E-state index >= 15 is 0 Å². The summed E-state index contributed by atoms with van der Waals surface area (Å²) in [5.41, 5.74) is 0. The Labute approximate surface area is 110 Å². The first-order valence-electron chi connectivity index (χ1n) is 7.29. The quantitative estimate of drug-likeness (QED) is 0.585. The van der Waals surface area contributed by atoms with Gasteiger partial charge in [-0.3, -0.25) is 0 Å². The molecule has 0 bridgehead atoms. The van der Waals surface area contributed by atoms with Crippen molar-refractivity contribution in [2.24, 2.45) is 11.8 Å². The van der Waals surface area contributed by atoms with Gasteiger partial charge in [-0.2, -0.15) is 0 Å². The Hall–Kier alpha value is -0.380. The van der Waals surface area contributed by atoms with Gasteiger partial charge in [0.25, 0.3) is 0 Å². The van der Waals surface area contributed by atoms with Gasteiger partial charge >= 0.3 is 0 Å². The summed E-state index contributed by atoms with van der Waals surface area (Å²) < 4.78 is 11.0. The topological polar surface area (TPSA) is 38.7 Å². The van der Waals surface area contributed by atoms with E-state index in [0.29, 0.717) is 5.92 Å². The van der Waals surface area contributed by atoms with Gasteiger partial charge in [0.2, 0.25) is 0 Å². The number of unbranched alkanes of at least 4 members (excludes halogenated alkanes) is 3. The van der Waals surface area contributed by atoms with E-state index in [1.165, 1.54) is 19.3 Å². The van der Waals surface area contributed by atoms with Crippen molar-refractivity contribution in [3.8, 4) is 0 Å². The summed E-state index contributed by atoms with van der Waals surface area (Å²) in [6, 6.07) is 0. The molecule has 0 aromatic heterocycles. The number of methoxy groups -OCH3 is 1. The maximum absolute atomic E-state index is 10.1. The molecule has 0 aromatic carbocycles. The molecule has 3 nitrogen and oxygen atoms in total. The predicted molar refractivity (Wildman–Crippen MR) is 71.2 cm³/mol. The Balaban J connectivity index is 1.83. The summed E-state index contributed by atoms with van der Waals surface area (Å²) >= 11 is 0. The number of ether oxygens (including phenoxy) is 2. The number of hydrogen-bond donors (Lipinski definition) is 1. The molecule has 1 saturated carbocycles. The molecular formula is C15H26O3. The highest BCUT2D eigenvalue weighted by atomic mass is 16.7. The Morgan fingerprint density at radius 2 is 2.17 bits per heavy atom. The van der Waals surface area contributed by atoms with E-state index in [0.717, 1.165) is 19.3 Å². The number of fused-ring (bicyclic) bond motifs is 1. The molecule has 2 fully saturated rings. The van der Waals surface area contributed by atoms with Crippen LogP contribution in [0.4, 0.5) is 0 Å². The zero-order valence-corrected chi connectivity index (χ0v) is 11.5. The third kappa shape index (κ3) is 3.14. The van der Waals surface area contributed by atoms with Crippen LogP contribution in [0.3, 0.4) is 0 Å². The fourth-order valence-corrected chi connectivity index (χ4v) is 3.23. The number of hydrogen-bond acceptors (Lipinski definition) is 3. The van der Waals surface area contributed by atoms with Crippen LogP contribution in [0, 0.1) is 11.8 Å². The smallest absolute Gasteiger partial charge is 0.157 e. The lowest BCUT2D eigenvalue weighted by Gasteiger charge is -2.16. The second-order valence-corrected chi connectivity index (χ2v) is 5.54. The minimum absolute atomic E-state index is 0.0662. The molecule has 5 unspecified atom stereocenters. The Morgan fingerprint density at radius 3 is 2.89 bits per heavy atom. The second kappa shape index (κ2) is 6.69. The third-order valence-corrected chi connectivity index (χ3v) is 4.28. The average Bonchev–Trinajstić information content (AvgIpc) is 2.87. The Bertz CT molecular complexity index is 277. The van der Waals surface area contributed by atoms with Crippen LogP contribution in [0.15, 0.2) is 12.2 Å². The van der Waals surface area contributed by atoms with E-state index in [-0.39, 0.29) is 24.4 Å². The molecule has 18 heavy (non-hydrogen) atoms. The largest absolute Gasteiger partial charge is 0.392 e. The highest BCUT2D eigenvalue weighted by Crippen LogP contribution is 2.44. The van der Waals surface area contributed by atoms with E-state index in [9.17, 15) is 5.11 Å². The van der Waals surface area contributed by atoms with Crippen LogP contribution in [-0.2, 0) is 9.47 Å². The minimum Gasteiger partial charge on any atom is -0.392 e. The van der Waals surface area contributed by atoms with Crippen molar-refractivity contribution in [2.45, 2.75) is 63.9 Å². The molecule has 0 radical (unpaired) electrons. The molecule has 0 aromatic rings. The molecule has 1 heterocycles. The Morgan fingerprint density at radius 1 is 1.33 bits per heavy atom. The van der Waals surface area contributed by atoms with E-state index in [1.54, 1.807) is 7.11 Å². The zero-order valence-electron chi connectivity index (χ0n) is 11.5. The lowest BCUT2D eigenvalue weighted by molar-refractivity contribution is -0.118. The van der Waals surface area contributed by atoms with Gasteiger partial charge in [-0.15, -0.1) is 0 Å². The summed E-state index contributed by atoms with van der Waals surface area (Å²) in [7, 11) is 1.69. The first-order chi connectivity index (χ1) is 8.76. The standard InChI is InChI=1S/C15H26O3/c1-3-4-5-6-7-8-11-12-9-15(17-2)18-14(12)10-13(11)16/h7-8,11-16H,3-6,9-10H2,1-2H3/b8-7-. The first-order valence-corrected chi connectivity index (χ1v) is 7.29. The number of rotatable bonds is 6. The summed E-state index contributed by atoms with van der Waals surface area (Å²) in [6.45, 7) is 2.22. The summed E-state index contributed by atoms with van der Waals surface area (Å²) in [6.07, 6.45) is 10.9. The molecular weight excluding hydrogens is 228 g/mol. The van der Waals surface area contributed by atoms with E-state index < -0.39 is 0 Å². The SMILES string of the molecule is CCCCC/C=C\C1C(O)CC2OC(OC)CC21. The summed E-state index contributed by atoms with van der Waals surface area (Å²) in [4.78, 5) is 0. The van der Waals surface area contributed by atoms with Gasteiger partial charge in [0.05, 0.1) is 12.2 Å². The van der Waals surface area contributed by atoms with Crippen molar-refractivity contribution >= 4 is 0 Å². The molecule has 1 aliphatic carbocycles. The molecule has 104 valence electrons. The van der Waals surface area contributed by atoms with Crippen LogP contribution < -0.4 is 0 Å². The van der Waals surface area contributed by atoms with Gasteiger partial charge < -0.3 is 14.6 Å². The molecule has 1 aliphatic heterocycles. The lowest BCUT2D eigenvalue weighted by atomic mass is 9.91. The third-order valence-electron chi connectivity index (χ3n) is 4.28. The zero-order chi connectivity index (χ0) is 13.0. The molecule has 1 N–H and O–H groups in total. The van der Waals surface area contributed by atoms with Crippen molar-refractivity contribution in [2.75, 3.05) is 7.11 Å². The fraction of sp³-hybridized carbons (Fsp3) is 0.867. The van der Waals surface area contributed by atoms with Gasteiger partial charge in [0, 0.05) is 25.9 Å². The minimum atomic E-state index is -0.236. The Kier molecular flexibility index (Phi) is 5.22. The van der Waals surface area contributed by atoms with Crippen LogP contribution >= 0.6 is 0 Å². The van der Waals surface area contributed by atoms with Gasteiger partial charge in [-0.05, 0) is 18.8 Å². The highest BCUT2D eigenvalue weighted by molar-refractivity contribution is 5.05. The van der Waals surface area contributed by atoms with Crippen molar-refractivity contribution < 1.29 is 14.6 Å². The fourth-order valence-electron chi connectivity index (χ4n) is 3.23. The second-order valence-electron chi connectivity index (χ2n) is 5.54. The molecule has 1 saturated heterocycles. The van der Waals surface area contributed by atoms with Gasteiger partial charge in [-0.1, -0.05) is 31.9 Å². The van der Waals surface area contributed by atoms with E-state index in [4.69, 9.17) is 9.47 Å². The molecule has 2 aliphatic rings. The summed E-state index contributed by atoms with van der Waals surface area (Å²) in [5, 5.41) is 10.1. The van der Waals surface area contributed by atoms with Gasteiger partial charge in [0.1, 0.15) is 0 Å². The molecule has 2 rings (SSSR count). The van der Waals surface area contributed by atoms with Gasteiger partial charge in [-0.25, -0.2) is 0 Å². The van der Waals surface area contributed by atoms with Crippen molar-refractivity contribution in [1.29, 1.82) is 0 Å². The average molecular weight is 254 g/mol. The van der Waals surface area contributed by atoms with Crippen molar-refractivity contribution in [3.63, 3.8) is 0 Å². The molecule has 0 amide bonds. The van der Waals surface area contributed by atoms with E-state index in [1.807, 2.05) is 0 Å². The predicted octanol–water partition coefficient (Wildman–Crippen LogP) is 2.88. The summed E-state index contributed by atoms with van der Waals surface area (Å²) in [5.74, 6) is 0.698. The number of aliphatic hydroxyl groups excluding tert-OH is 1. The molecule has 0 spiro atoms. The van der Waals surface area contributed by atoms with Crippen molar-refractivity contribution in [1.82, 2.24) is 0 Å². The number of aliphatic hydroxyl groups is 1. The molecule has 3 heteroatoms. The maximum atomic E-state index is 10.1. The van der Waals surface area contributed by atoms with E-state index in [2.05, 4.69) is 19.1 Å². The van der Waals surface area contributed by atoms with Crippen LogP contribution in [-0.4, -0.2) is 30.7 Å².